The third-order valence-corrected chi connectivity index (χ3v) is 1.16. The second kappa shape index (κ2) is 3.79. The Morgan fingerprint density at radius 1 is 1.73 bits per heavy atom. The van der Waals surface area contributed by atoms with E-state index in [0.717, 1.165) is 5.69 Å². The summed E-state index contributed by atoms with van der Waals surface area (Å²) in [4.78, 5) is 4.00. The zero-order valence-corrected chi connectivity index (χ0v) is 6.41. The summed E-state index contributed by atoms with van der Waals surface area (Å²) in [7, 11) is 1.89. The number of imidazole rings is 1. The van der Waals surface area contributed by atoms with Gasteiger partial charge in [0.05, 0.1) is 12.9 Å². The number of aliphatic hydroxyl groups is 1. The molecule has 0 aliphatic heterocycles. The Hall–Kier alpha value is -1.27. The molecule has 11 heavy (non-hydrogen) atoms. The van der Waals surface area contributed by atoms with Gasteiger partial charge in [-0.2, -0.15) is 0 Å². The van der Waals surface area contributed by atoms with Crippen molar-refractivity contribution in [3.05, 3.63) is 18.2 Å². The molecule has 0 fully saturated rings. The molecule has 1 aromatic rings. The Balaban J connectivity index is 2.59. The first kappa shape index (κ1) is 7.83. The van der Waals surface area contributed by atoms with Crippen LogP contribution in [0.25, 0.3) is 0 Å². The van der Waals surface area contributed by atoms with Crippen LogP contribution in [-0.4, -0.2) is 21.3 Å². The van der Waals surface area contributed by atoms with Crippen molar-refractivity contribution < 1.29 is 5.11 Å². The molecule has 0 unspecified atom stereocenters. The molecule has 1 N–H and O–H groups in total. The topological polar surface area (TPSA) is 38.0 Å². The molecular weight excluding hydrogens is 140 g/mol. The molecule has 0 saturated heterocycles. The van der Waals surface area contributed by atoms with Gasteiger partial charge < -0.3 is 9.67 Å². The highest BCUT2D eigenvalue weighted by atomic mass is 16.2. The minimum Gasteiger partial charge on any atom is -0.395 e. The summed E-state index contributed by atoms with van der Waals surface area (Å²) >= 11 is 0. The van der Waals surface area contributed by atoms with Gasteiger partial charge in [-0.05, 0) is 5.92 Å². The van der Waals surface area contributed by atoms with Gasteiger partial charge in [0, 0.05) is 19.7 Å². The fraction of sp³-hybridized carbons (Fsp3) is 0.375. The second-order valence-electron chi connectivity index (χ2n) is 2.20. The molecule has 0 amide bonds. The smallest absolute Gasteiger partial charge is 0.131 e. The van der Waals surface area contributed by atoms with Gasteiger partial charge in [-0.3, -0.25) is 0 Å². The van der Waals surface area contributed by atoms with Crippen molar-refractivity contribution in [2.75, 3.05) is 6.61 Å². The molecule has 1 heterocycles. The Morgan fingerprint density at radius 3 is 3.09 bits per heavy atom. The highest BCUT2D eigenvalue weighted by Crippen LogP contribution is 1.89. The van der Waals surface area contributed by atoms with Gasteiger partial charge in [0.2, 0.25) is 0 Å². The van der Waals surface area contributed by atoms with E-state index in [9.17, 15) is 0 Å². The lowest BCUT2D eigenvalue weighted by Gasteiger charge is -1.79. The van der Waals surface area contributed by atoms with E-state index in [0.29, 0.717) is 6.42 Å². The predicted molar refractivity (Wildman–Crippen MR) is 41.8 cm³/mol. The Bertz CT molecular complexity index is 280. The van der Waals surface area contributed by atoms with Crippen molar-refractivity contribution in [1.82, 2.24) is 9.55 Å². The fourth-order valence-electron chi connectivity index (χ4n) is 0.686. The largest absolute Gasteiger partial charge is 0.395 e. The van der Waals surface area contributed by atoms with Crippen LogP contribution >= 0.6 is 0 Å². The number of nitrogens with zero attached hydrogens (tertiary/aromatic N) is 2. The SMILES string of the molecule is Cn1cnc(C#CCCO)c1. The van der Waals surface area contributed by atoms with E-state index in [1.54, 1.807) is 6.33 Å². The molecule has 1 rings (SSSR count). The first-order chi connectivity index (χ1) is 5.33. The first-order valence-corrected chi connectivity index (χ1v) is 3.40. The highest BCUT2D eigenvalue weighted by molar-refractivity contribution is 5.24. The second-order valence-corrected chi connectivity index (χ2v) is 2.20. The molecule has 0 aromatic carbocycles. The molecule has 0 aliphatic carbocycles. The summed E-state index contributed by atoms with van der Waals surface area (Å²) < 4.78 is 1.84. The van der Waals surface area contributed by atoms with Crippen LogP contribution in [0, 0.1) is 11.8 Å². The molecule has 0 radical (unpaired) electrons. The Kier molecular flexibility index (Phi) is 2.70. The lowest BCUT2D eigenvalue weighted by Crippen LogP contribution is -1.78. The van der Waals surface area contributed by atoms with E-state index < -0.39 is 0 Å². The number of rotatable bonds is 1. The van der Waals surface area contributed by atoms with Crippen LogP contribution < -0.4 is 0 Å². The maximum Gasteiger partial charge on any atom is 0.131 e. The molecular formula is C8H10N2O. The van der Waals surface area contributed by atoms with Crippen LogP contribution in [-0.2, 0) is 7.05 Å². The van der Waals surface area contributed by atoms with Crippen LogP contribution in [0.3, 0.4) is 0 Å². The summed E-state index contributed by atoms with van der Waals surface area (Å²) in [6.07, 6.45) is 4.05. The molecule has 1 aromatic heterocycles. The molecule has 0 bridgehead atoms. The highest BCUT2D eigenvalue weighted by Gasteiger charge is 1.87. The van der Waals surface area contributed by atoms with Crippen molar-refractivity contribution in [2.45, 2.75) is 6.42 Å². The van der Waals surface area contributed by atoms with Crippen molar-refractivity contribution in [2.24, 2.45) is 7.05 Å². The molecule has 3 nitrogen and oxygen atoms in total. The van der Waals surface area contributed by atoms with Crippen molar-refractivity contribution in [1.29, 1.82) is 0 Å². The number of aliphatic hydroxyl groups excluding tert-OH is 1. The number of aromatic nitrogens is 2. The third kappa shape index (κ3) is 2.44. The van der Waals surface area contributed by atoms with Crippen molar-refractivity contribution in [3.63, 3.8) is 0 Å². The molecule has 58 valence electrons. The first-order valence-electron chi connectivity index (χ1n) is 3.40. The number of aryl methyl sites for hydroxylation is 1. The molecule has 0 spiro atoms. The summed E-state index contributed by atoms with van der Waals surface area (Å²) in [5, 5.41) is 8.42. The van der Waals surface area contributed by atoms with E-state index in [1.165, 1.54) is 0 Å². The van der Waals surface area contributed by atoms with E-state index >= 15 is 0 Å². The van der Waals surface area contributed by atoms with Gasteiger partial charge in [-0.1, -0.05) is 5.92 Å². The summed E-state index contributed by atoms with van der Waals surface area (Å²) in [6, 6.07) is 0. The van der Waals surface area contributed by atoms with Gasteiger partial charge in [-0.25, -0.2) is 4.98 Å². The number of hydrogen-bond acceptors (Lipinski definition) is 2. The zero-order valence-electron chi connectivity index (χ0n) is 6.41. The van der Waals surface area contributed by atoms with Gasteiger partial charge in [0.1, 0.15) is 5.69 Å². The van der Waals surface area contributed by atoms with Gasteiger partial charge in [-0.15, -0.1) is 0 Å². The molecule has 3 heteroatoms. The summed E-state index contributed by atoms with van der Waals surface area (Å²) in [5.41, 5.74) is 0.751. The zero-order chi connectivity index (χ0) is 8.10. The Labute approximate surface area is 65.7 Å². The van der Waals surface area contributed by atoms with Crippen LogP contribution in [0.4, 0.5) is 0 Å². The van der Waals surface area contributed by atoms with Crippen LogP contribution in [0.1, 0.15) is 12.1 Å². The minimum atomic E-state index is 0.111. The average Bonchev–Trinajstić information content (AvgIpc) is 2.37. The van der Waals surface area contributed by atoms with Gasteiger partial charge in [0.15, 0.2) is 0 Å². The van der Waals surface area contributed by atoms with Crippen molar-refractivity contribution in [3.8, 4) is 11.8 Å². The fourth-order valence-corrected chi connectivity index (χ4v) is 0.686. The van der Waals surface area contributed by atoms with E-state index in [4.69, 9.17) is 5.11 Å². The normalized spacial score (nSPS) is 8.91. The number of hydrogen-bond donors (Lipinski definition) is 1. The van der Waals surface area contributed by atoms with E-state index in [2.05, 4.69) is 16.8 Å². The van der Waals surface area contributed by atoms with E-state index in [-0.39, 0.29) is 6.61 Å². The maximum atomic E-state index is 8.42. The minimum absolute atomic E-state index is 0.111. The standard InChI is InChI=1S/C8H10N2O/c1-10-6-8(9-7-10)4-2-3-5-11/h6-7,11H,3,5H2,1H3. The quantitative estimate of drug-likeness (QED) is 0.579. The maximum absolute atomic E-state index is 8.42. The van der Waals surface area contributed by atoms with E-state index in [1.807, 2.05) is 17.8 Å². The summed E-state index contributed by atoms with van der Waals surface area (Å²) in [6.45, 7) is 0.111. The lowest BCUT2D eigenvalue weighted by atomic mass is 10.4. The molecule has 0 atom stereocenters. The molecule has 0 saturated carbocycles. The van der Waals surface area contributed by atoms with Crippen LogP contribution in [0.5, 0.6) is 0 Å². The molecule has 0 aliphatic rings. The van der Waals surface area contributed by atoms with Crippen LogP contribution in [0.2, 0.25) is 0 Å². The third-order valence-electron chi connectivity index (χ3n) is 1.16. The van der Waals surface area contributed by atoms with Gasteiger partial charge in [0.25, 0.3) is 0 Å². The lowest BCUT2D eigenvalue weighted by molar-refractivity contribution is 0.305. The van der Waals surface area contributed by atoms with Crippen LogP contribution in [0.15, 0.2) is 12.5 Å². The average molecular weight is 150 g/mol. The Morgan fingerprint density at radius 2 is 2.55 bits per heavy atom. The van der Waals surface area contributed by atoms with Crippen molar-refractivity contribution >= 4 is 0 Å². The monoisotopic (exact) mass is 150 g/mol. The van der Waals surface area contributed by atoms with Gasteiger partial charge >= 0.3 is 0 Å². The predicted octanol–water partition coefficient (Wildman–Crippen LogP) is 0.154. The summed E-state index contributed by atoms with van der Waals surface area (Å²) in [5.74, 6) is 5.61.